The molecule has 0 unspecified atom stereocenters. The second-order valence-corrected chi connectivity index (χ2v) is 5.47. The number of nitrogens with zero attached hydrogens (tertiary/aromatic N) is 1. The molecular weight excluding hydrogens is 317 g/mol. The van der Waals surface area contributed by atoms with Crippen molar-refractivity contribution in [2.24, 2.45) is 0 Å². The number of hydrogen-bond acceptors (Lipinski definition) is 4. The van der Waals surface area contributed by atoms with Gasteiger partial charge < -0.3 is 10.1 Å². The van der Waals surface area contributed by atoms with Crippen LogP contribution in [0.5, 0.6) is 5.88 Å². The van der Waals surface area contributed by atoms with Crippen molar-refractivity contribution in [3.8, 4) is 5.88 Å². The molecule has 0 saturated carbocycles. The quantitative estimate of drug-likeness (QED) is 0.915. The van der Waals surface area contributed by atoms with E-state index >= 15 is 0 Å². The van der Waals surface area contributed by atoms with Gasteiger partial charge in [0, 0.05) is 11.1 Å². The van der Waals surface area contributed by atoms with E-state index < -0.39 is 18.7 Å². The first-order chi connectivity index (χ1) is 10.4. The number of ether oxygens (including phenoxy) is 1. The van der Waals surface area contributed by atoms with Crippen LogP contribution in [0.1, 0.15) is 20.8 Å². The molecule has 0 aliphatic rings. The summed E-state index contributed by atoms with van der Waals surface area (Å²) in [5.41, 5.74) is 1.02. The standard InChI is InChI=1S/C14H13F3N2O2S/c1-9-4-6-22-11(9)7-19-12(20)10-3-2-5-18-13(10)21-8-14(15,16)17/h2-6H,7-8H2,1H3,(H,19,20). The van der Waals surface area contributed by atoms with Crippen molar-refractivity contribution in [3.05, 3.63) is 45.8 Å². The molecule has 0 saturated heterocycles. The van der Waals surface area contributed by atoms with Crippen LogP contribution in [0.4, 0.5) is 13.2 Å². The van der Waals surface area contributed by atoms with E-state index in [1.807, 2.05) is 18.4 Å². The van der Waals surface area contributed by atoms with Crippen LogP contribution in [0.2, 0.25) is 0 Å². The molecule has 4 nitrogen and oxygen atoms in total. The summed E-state index contributed by atoms with van der Waals surface area (Å²) in [4.78, 5) is 16.8. The number of amides is 1. The third-order valence-corrected chi connectivity index (χ3v) is 3.79. The molecule has 2 rings (SSSR count). The highest BCUT2D eigenvalue weighted by atomic mass is 32.1. The zero-order chi connectivity index (χ0) is 16.2. The van der Waals surface area contributed by atoms with Crippen molar-refractivity contribution < 1.29 is 22.7 Å². The number of thiophene rings is 1. The summed E-state index contributed by atoms with van der Waals surface area (Å²) in [6.45, 7) is 0.726. The number of halogens is 3. The molecule has 2 heterocycles. The van der Waals surface area contributed by atoms with Crippen LogP contribution >= 0.6 is 11.3 Å². The summed E-state index contributed by atoms with van der Waals surface area (Å²) in [5, 5.41) is 4.55. The Morgan fingerprint density at radius 2 is 2.18 bits per heavy atom. The van der Waals surface area contributed by atoms with Crippen molar-refractivity contribution in [1.29, 1.82) is 0 Å². The molecular formula is C14H13F3N2O2S. The second kappa shape index (κ2) is 6.78. The summed E-state index contributed by atoms with van der Waals surface area (Å²) in [7, 11) is 0. The molecule has 1 amide bonds. The van der Waals surface area contributed by atoms with E-state index in [0.717, 1.165) is 10.4 Å². The molecule has 118 valence electrons. The molecule has 0 aromatic carbocycles. The number of rotatable bonds is 5. The van der Waals surface area contributed by atoms with Gasteiger partial charge in [-0.2, -0.15) is 13.2 Å². The number of nitrogens with one attached hydrogen (secondary N) is 1. The minimum Gasteiger partial charge on any atom is -0.467 e. The molecule has 0 aliphatic carbocycles. The van der Waals surface area contributed by atoms with E-state index in [1.54, 1.807) is 0 Å². The molecule has 0 bridgehead atoms. The maximum absolute atomic E-state index is 12.2. The first kappa shape index (κ1) is 16.3. The number of aromatic nitrogens is 1. The fraction of sp³-hybridized carbons (Fsp3) is 0.286. The fourth-order valence-corrected chi connectivity index (χ4v) is 2.52. The first-order valence-electron chi connectivity index (χ1n) is 6.32. The third-order valence-electron chi connectivity index (χ3n) is 2.77. The lowest BCUT2D eigenvalue weighted by molar-refractivity contribution is -0.154. The van der Waals surface area contributed by atoms with Crippen LogP contribution in [0, 0.1) is 6.92 Å². The van der Waals surface area contributed by atoms with Gasteiger partial charge >= 0.3 is 6.18 Å². The molecule has 2 aromatic rings. The molecule has 2 aromatic heterocycles. The average Bonchev–Trinajstić information content (AvgIpc) is 2.87. The molecule has 1 N–H and O–H groups in total. The van der Waals surface area contributed by atoms with Gasteiger partial charge in [0.1, 0.15) is 5.56 Å². The van der Waals surface area contributed by atoms with Gasteiger partial charge in [0.2, 0.25) is 5.88 Å². The number of pyridine rings is 1. The Kier molecular flexibility index (Phi) is 5.02. The molecule has 0 atom stereocenters. The van der Waals surface area contributed by atoms with Crippen molar-refractivity contribution in [1.82, 2.24) is 10.3 Å². The van der Waals surface area contributed by atoms with Crippen LogP contribution in [-0.4, -0.2) is 23.7 Å². The SMILES string of the molecule is Cc1ccsc1CNC(=O)c1cccnc1OCC(F)(F)F. The zero-order valence-corrected chi connectivity index (χ0v) is 12.4. The van der Waals surface area contributed by atoms with Crippen LogP contribution < -0.4 is 10.1 Å². The van der Waals surface area contributed by atoms with Crippen LogP contribution in [-0.2, 0) is 6.54 Å². The highest BCUT2D eigenvalue weighted by Crippen LogP contribution is 2.20. The Morgan fingerprint density at radius 1 is 1.41 bits per heavy atom. The fourth-order valence-electron chi connectivity index (χ4n) is 1.67. The summed E-state index contributed by atoms with van der Waals surface area (Å²) in [6, 6.07) is 4.76. The third kappa shape index (κ3) is 4.45. The lowest BCUT2D eigenvalue weighted by Crippen LogP contribution is -2.25. The summed E-state index contributed by atoms with van der Waals surface area (Å²) < 4.78 is 41.2. The van der Waals surface area contributed by atoms with E-state index in [4.69, 9.17) is 0 Å². The average molecular weight is 330 g/mol. The minimum absolute atomic E-state index is 0.0269. The Balaban J connectivity index is 2.04. The van der Waals surface area contributed by atoms with E-state index in [0.29, 0.717) is 6.54 Å². The number of carbonyl (C=O) groups is 1. The van der Waals surface area contributed by atoms with Crippen molar-refractivity contribution in [2.45, 2.75) is 19.6 Å². The molecule has 0 fully saturated rings. The van der Waals surface area contributed by atoms with Gasteiger partial charge in [0.25, 0.3) is 5.91 Å². The Morgan fingerprint density at radius 3 is 2.82 bits per heavy atom. The van der Waals surface area contributed by atoms with Crippen molar-refractivity contribution >= 4 is 17.2 Å². The molecule has 22 heavy (non-hydrogen) atoms. The van der Waals surface area contributed by atoms with E-state index in [-0.39, 0.29) is 11.4 Å². The summed E-state index contributed by atoms with van der Waals surface area (Å²) in [5.74, 6) is -0.863. The van der Waals surface area contributed by atoms with Gasteiger partial charge in [0.15, 0.2) is 6.61 Å². The Bertz CT molecular complexity index is 656. The highest BCUT2D eigenvalue weighted by molar-refractivity contribution is 7.10. The molecule has 0 spiro atoms. The maximum Gasteiger partial charge on any atom is 0.422 e. The second-order valence-electron chi connectivity index (χ2n) is 4.47. The van der Waals surface area contributed by atoms with E-state index in [9.17, 15) is 18.0 Å². The number of alkyl halides is 3. The molecule has 0 radical (unpaired) electrons. The molecule has 0 aliphatic heterocycles. The topological polar surface area (TPSA) is 51.2 Å². The Hall–Kier alpha value is -2.09. The van der Waals surface area contributed by atoms with Crippen molar-refractivity contribution in [3.63, 3.8) is 0 Å². The number of hydrogen-bond donors (Lipinski definition) is 1. The summed E-state index contributed by atoms with van der Waals surface area (Å²) >= 11 is 1.49. The monoisotopic (exact) mass is 330 g/mol. The van der Waals surface area contributed by atoms with E-state index in [2.05, 4.69) is 15.0 Å². The van der Waals surface area contributed by atoms with Gasteiger partial charge in [-0.05, 0) is 36.1 Å². The van der Waals surface area contributed by atoms with Gasteiger partial charge in [0.05, 0.1) is 6.54 Å². The van der Waals surface area contributed by atoms with Crippen LogP contribution in [0.25, 0.3) is 0 Å². The first-order valence-corrected chi connectivity index (χ1v) is 7.20. The minimum atomic E-state index is -4.49. The predicted molar refractivity (Wildman–Crippen MR) is 76.0 cm³/mol. The van der Waals surface area contributed by atoms with Gasteiger partial charge in [-0.1, -0.05) is 0 Å². The van der Waals surface area contributed by atoms with Crippen LogP contribution in [0.15, 0.2) is 29.8 Å². The molecule has 8 heteroatoms. The maximum atomic E-state index is 12.2. The lowest BCUT2D eigenvalue weighted by Gasteiger charge is -2.12. The Labute approximate surface area is 128 Å². The van der Waals surface area contributed by atoms with Gasteiger partial charge in [-0.15, -0.1) is 11.3 Å². The normalized spacial score (nSPS) is 11.3. The van der Waals surface area contributed by atoms with Crippen molar-refractivity contribution in [2.75, 3.05) is 6.61 Å². The van der Waals surface area contributed by atoms with Gasteiger partial charge in [-0.25, -0.2) is 4.98 Å². The predicted octanol–water partition coefficient (Wildman–Crippen LogP) is 3.32. The smallest absolute Gasteiger partial charge is 0.422 e. The van der Waals surface area contributed by atoms with E-state index in [1.165, 1.54) is 29.7 Å². The van der Waals surface area contributed by atoms with Gasteiger partial charge in [-0.3, -0.25) is 4.79 Å². The number of aryl methyl sites for hydroxylation is 1. The zero-order valence-electron chi connectivity index (χ0n) is 11.6. The van der Waals surface area contributed by atoms with Crippen LogP contribution in [0.3, 0.4) is 0 Å². The number of carbonyl (C=O) groups excluding carboxylic acids is 1. The lowest BCUT2D eigenvalue weighted by atomic mass is 10.2. The summed E-state index contributed by atoms with van der Waals surface area (Å²) in [6.07, 6.45) is -3.22. The largest absolute Gasteiger partial charge is 0.467 e. The highest BCUT2D eigenvalue weighted by Gasteiger charge is 2.29.